The molecule has 0 amide bonds. The van der Waals surface area contributed by atoms with Crippen molar-refractivity contribution in [2.24, 2.45) is 0 Å². The van der Waals surface area contributed by atoms with Crippen LogP contribution in [-0.2, 0) is 9.47 Å². The van der Waals surface area contributed by atoms with Gasteiger partial charge in [-0.05, 0) is 72.6 Å². The molecule has 0 bridgehead atoms. The maximum Gasteiger partial charge on any atom is 0.177 e. The summed E-state index contributed by atoms with van der Waals surface area (Å²) in [5, 5.41) is 0.852. The number of hydrogen-bond acceptors (Lipinski definition) is 6. The van der Waals surface area contributed by atoms with Crippen molar-refractivity contribution < 1.29 is 9.47 Å². The van der Waals surface area contributed by atoms with Crippen LogP contribution in [0.2, 0.25) is 0 Å². The molecule has 2 fully saturated rings. The van der Waals surface area contributed by atoms with Crippen molar-refractivity contribution in [3.63, 3.8) is 0 Å². The smallest absolute Gasteiger partial charge is 0.177 e. The maximum absolute atomic E-state index is 5.90. The van der Waals surface area contributed by atoms with Gasteiger partial charge in [-0.2, -0.15) is 0 Å². The lowest BCUT2D eigenvalue weighted by atomic mass is 9.99. The van der Waals surface area contributed by atoms with Gasteiger partial charge in [0.25, 0.3) is 0 Å². The summed E-state index contributed by atoms with van der Waals surface area (Å²) in [5.41, 5.74) is 0.0686. The van der Waals surface area contributed by atoms with E-state index < -0.39 is 0 Å². The van der Waals surface area contributed by atoms with Crippen molar-refractivity contribution in [3.8, 4) is 0 Å². The Bertz CT molecular complexity index is 600. The van der Waals surface area contributed by atoms with Crippen molar-refractivity contribution in [1.29, 1.82) is 0 Å². The molecule has 31 heavy (non-hydrogen) atoms. The normalized spacial score (nSPS) is 19.3. The first-order chi connectivity index (χ1) is 14.6. The molecule has 0 N–H and O–H groups in total. The van der Waals surface area contributed by atoms with Crippen LogP contribution in [0.25, 0.3) is 0 Å². The Hall–Kier alpha value is -0.380. The Morgan fingerprint density at radius 1 is 0.839 bits per heavy atom. The summed E-state index contributed by atoms with van der Waals surface area (Å²) in [7, 11) is 0. The van der Waals surface area contributed by atoms with Gasteiger partial charge in [0, 0.05) is 57.1 Å². The fraction of sp³-hybridized carbons (Fsp3) is 0.913. The molecule has 0 radical (unpaired) electrons. The topological polar surface area (TPSA) is 31.4 Å². The van der Waals surface area contributed by atoms with Gasteiger partial charge in [0.15, 0.2) is 5.11 Å². The van der Waals surface area contributed by atoms with Gasteiger partial charge in [0.05, 0.1) is 13.2 Å². The van der Waals surface area contributed by atoms with E-state index in [1.54, 1.807) is 0 Å². The zero-order valence-electron chi connectivity index (χ0n) is 20.6. The highest BCUT2D eigenvalue weighted by Gasteiger charge is 2.38. The van der Waals surface area contributed by atoms with Gasteiger partial charge in [-0.3, -0.25) is 9.80 Å². The first-order valence-corrected chi connectivity index (χ1v) is 12.7. The minimum Gasteiger partial charge on any atom is -0.381 e. The average Bonchev–Trinajstić information content (AvgIpc) is 3.31. The Balaban J connectivity index is 1.54. The third kappa shape index (κ3) is 7.57. The molecule has 0 aromatic carbocycles. The van der Waals surface area contributed by atoms with Gasteiger partial charge in [-0.25, -0.2) is 0 Å². The Morgan fingerprint density at radius 3 is 1.97 bits per heavy atom. The summed E-state index contributed by atoms with van der Waals surface area (Å²) in [6.07, 6.45) is 2.88. The van der Waals surface area contributed by atoms with Crippen molar-refractivity contribution in [2.75, 3.05) is 65.8 Å². The quantitative estimate of drug-likeness (QED) is 0.280. The summed E-state index contributed by atoms with van der Waals surface area (Å²) in [6.45, 7) is 22.6. The zero-order chi connectivity index (χ0) is 23.1. The summed E-state index contributed by atoms with van der Waals surface area (Å²) in [5.74, 6) is 0. The van der Waals surface area contributed by atoms with E-state index >= 15 is 0 Å². The van der Waals surface area contributed by atoms with Crippen molar-refractivity contribution in [3.05, 3.63) is 0 Å². The number of likely N-dealkylation sites (N-methyl/N-ethyl adjacent to an activating group) is 2. The third-order valence-corrected chi connectivity index (χ3v) is 7.43. The number of ether oxygens (including phenoxy) is 2. The SMILES string of the molecule is CCN1CCN(C(C)(C)CCOCCCOCCC(C)(C)N2C(=S)CN(CC)C2=S)C1. The summed E-state index contributed by atoms with van der Waals surface area (Å²) < 4.78 is 11.8. The molecule has 2 saturated heterocycles. The number of thiocarbonyl (C=S) groups is 2. The minimum atomic E-state index is -0.122. The largest absolute Gasteiger partial charge is 0.381 e. The predicted octanol–water partition coefficient (Wildman–Crippen LogP) is 3.59. The molecule has 6 nitrogen and oxygen atoms in total. The van der Waals surface area contributed by atoms with Crippen LogP contribution >= 0.6 is 24.4 Å². The lowest BCUT2D eigenvalue weighted by molar-refractivity contribution is 0.0453. The molecule has 2 heterocycles. The third-order valence-electron chi connectivity index (χ3n) is 6.68. The fourth-order valence-corrected chi connectivity index (χ4v) is 5.27. The molecule has 0 saturated carbocycles. The predicted molar refractivity (Wildman–Crippen MR) is 137 cm³/mol. The average molecular weight is 473 g/mol. The van der Waals surface area contributed by atoms with Crippen LogP contribution < -0.4 is 0 Å². The molecular weight excluding hydrogens is 428 g/mol. The first-order valence-electron chi connectivity index (χ1n) is 11.9. The van der Waals surface area contributed by atoms with E-state index in [1.807, 2.05) is 0 Å². The van der Waals surface area contributed by atoms with Crippen LogP contribution in [0.1, 0.15) is 60.8 Å². The maximum atomic E-state index is 5.90. The summed E-state index contributed by atoms with van der Waals surface area (Å²) in [4.78, 5) is 10.3. The molecule has 2 rings (SSSR count). The van der Waals surface area contributed by atoms with Gasteiger partial charge >= 0.3 is 0 Å². The molecule has 180 valence electrons. The molecule has 0 aromatic rings. The van der Waals surface area contributed by atoms with Crippen LogP contribution in [0.4, 0.5) is 0 Å². The Labute approximate surface area is 201 Å². The van der Waals surface area contributed by atoms with E-state index in [2.05, 4.69) is 61.1 Å². The second-order valence-electron chi connectivity index (χ2n) is 9.84. The summed E-state index contributed by atoms with van der Waals surface area (Å²) >= 11 is 11.2. The van der Waals surface area contributed by atoms with E-state index in [1.165, 1.54) is 6.54 Å². The van der Waals surface area contributed by atoms with Gasteiger partial charge in [-0.15, -0.1) is 0 Å². The fourth-order valence-electron chi connectivity index (χ4n) is 4.17. The van der Waals surface area contributed by atoms with E-state index in [4.69, 9.17) is 33.9 Å². The van der Waals surface area contributed by atoms with E-state index in [-0.39, 0.29) is 11.1 Å². The van der Waals surface area contributed by atoms with Crippen LogP contribution in [0.15, 0.2) is 0 Å². The number of hydrogen-bond donors (Lipinski definition) is 0. The van der Waals surface area contributed by atoms with Crippen molar-refractivity contribution in [1.82, 2.24) is 19.6 Å². The second-order valence-corrected chi connectivity index (χ2v) is 10.7. The first kappa shape index (κ1) is 26.9. The van der Waals surface area contributed by atoms with Gasteiger partial charge < -0.3 is 19.3 Å². The Kier molecular flexibility index (Phi) is 10.6. The molecule has 2 aliphatic heterocycles. The second kappa shape index (κ2) is 12.2. The summed E-state index contributed by atoms with van der Waals surface area (Å²) in [6, 6.07) is 0. The van der Waals surface area contributed by atoms with Crippen molar-refractivity contribution >= 4 is 34.5 Å². The highest BCUT2D eigenvalue weighted by atomic mass is 32.1. The standard InChI is InChI=1S/C23H44N4O2S2/c1-7-24-12-13-26(19-24)22(3,4)10-16-28-14-9-15-29-17-11-23(5,6)27-20(30)18-25(8-2)21(27)31/h7-19H2,1-6H3. The molecule has 0 aliphatic carbocycles. The molecule has 0 atom stereocenters. The molecular formula is C23H44N4O2S2. The molecule has 0 unspecified atom stereocenters. The lowest BCUT2D eigenvalue weighted by Gasteiger charge is -2.36. The van der Waals surface area contributed by atoms with Gasteiger partial charge in [-0.1, -0.05) is 19.1 Å². The van der Waals surface area contributed by atoms with Crippen LogP contribution in [0.5, 0.6) is 0 Å². The number of nitrogens with zero attached hydrogens (tertiary/aromatic N) is 4. The monoisotopic (exact) mass is 472 g/mol. The molecule has 0 spiro atoms. The molecule has 8 heteroatoms. The van der Waals surface area contributed by atoms with Gasteiger partial charge in [0.1, 0.15) is 4.99 Å². The van der Waals surface area contributed by atoms with E-state index in [0.29, 0.717) is 6.61 Å². The zero-order valence-corrected chi connectivity index (χ0v) is 22.2. The van der Waals surface area contributed by atoms with Gasteiger partial charge in [0.2, 0.25) is 0 Å². The lowest BCUT2D eigenvalue weighted by Crippen LogP contribution is -2.48. The highest BCUT2D eigenvalue weighted by Crippen LogP contribution is 2.26. The number of rotatable bonds is 14. The van der Waals surface area contributed by atoms with Crippen LogP contribution in [-0.4, -0.2) is 107 Å². The van der Waals surface area contributed by atoms with E-state index in [0.717, 1.165) is 82.0 Å². The Morgan fingerprint density at radius 2 is 1.45 bits per heavy atom. The highest BCUT2D eigenvalue weighted by molar-refractivity contribution is 7.82. The van der Waals surface area contributed by atoms with E-state index in [9.17, 15) is 0 Å². The van der Waals surface area contributed by atoms with Crippen molar-refractivity contribution in [2.45, 2.75) is 71.9 Å². The molecule has 0 aromatic heterocycles. The van der Waals surface area contributed by atoms with Crippen LogP contribution in [0.3, 0.4) is 0 Å². The minimum absolute atomic E-state index is 0.122. The van der Waals surface area contributed by atoms with Crippen LogP contribution in [0, 0.1) is 0 Å². The molecule has 2 aliphatic rings.